The van der Waals surface area contributed by atoms with Crippen LogP contribution in [0.5, 0.6) is 0 Å². The zero-order chi connectivity index (χ0) is 14.9. The van der Waals surface area contributed by atoms with Crippen molar-refractivity contribution in [2.24, 2.45) is 0 Å². The molecule has 0 aromatic heterocycles. The normalized spacial score (nSPS) is 12.9. The van der Waals surface area contributed by atoms with Crippen LogP contribution >= 0.6 is 0 Å². The van der Waals surface area contributed by atoms with Gasteiger partial charge in [-0.05, 0) is 0 Å². The van der Waals surface area contributed by atoms with Gasteiger partial charge < -0.3 is 20.1 Å². The van der Waals surface area contributed by atoms with Gasteiger partial charge in [-0.25, -0.2) is 4.79 Å². The predicted octanol–water partition coefficient (Wildman–Crippen LogP) is -0.167. The zero-order valence-electron chi connectivity index (χ0n) is 10.7. The first-order valence-corrected chi connectivity index (χ1v) is 5.46. The molecule has 0 spiro atoms. The summed E-state index contributed by atoms with van der Waals surface area (Å²) >= 11 is 0. The van der Waals surface area contributed by atoms with Crippen LogP contribution in [0, 0.1) is 0 Å². The van der Waals surface area contributed by atoms with Crippen LogP contribution in [0.4, 0.5) is 13.2 Å². The molecule has 1 amide bonds. The molecule has 2 N–H and O–H groups in total. The minimum atomic E-state index is -4.36. The number of ether oxygens (including phenoxy) is 2. The van der Waals surface area contributed by atoms with Crippen LogP contribution in [0.15, 0.2) is 0 Å². The van der Waals surface area contributed by atoms with Gasteiger partial charge in [0, 0.05) is 20.0 Å². The molecular weight excluding hydrogens is 269 g/mol. The van der Waals surface area contributed by atoms with Gasteiger partial charge >= 0.3 is 12.1 Å². The number of rotatable bonds is 8. The monoisotopic (exact) mass is 286 g/mol. The highest BCUT2D eigenvalue weighted by Gasteiger charge is 2.27. The van der Waals surface area contributed by atoms with Gasteiger partial charge in [0.1, 0.15) is 12.6 Å². The Bertz CT molecular complexity index is 297. The third-order valence-corrected chi connectivity index (χ3v) is 1.90. The van der Waals surface area contributed by atoms with Crippen molar-refractivity contribution < 1.29 is 32.2 Å². The van der Waals surface area contributed by atoms with E-state index in [1.165, 1.54) is 14.0 Å². The fourth-order valence-electron chi connectivity index (χ4n) is 1.16. The minimum Gasteiger partial charge on any atom is -0.467 e. The fraction of sp³-hybridized carbons (Fsp3) is 0.800. The fourth-order valence-corrected chi connectivity index (χ4v) is 1.16. The Labute approximate surface area is 108 Å². The lowest BCUT2D eigenvalue weighted by Crippen LogP contribution is -2.47. The van der Waals surface area contributed by atoms with Crippen LogP contribution < -0.4 is 10.6 Å². The van der Waals surface area contributed by atoms with E-state index in [-0.39, 0.29) is 19.7 Å². The predicted molar refractivity (Wildman–Crippen MR) is 59.4 cm³/mol. The van der Waals surface area contributed by atoms with E-state index >= 15 is 0 Å². The molecule has 0 rings (SSSR count). The summed E-state index contributed by atoms with van der Waals surface area (Å²) in [5, 5.41) is 5.03. The Balaban J connectivity index is 3.81. The maximum Gasteiger partial charge on any atom is 0.411 e. The van der Waals surface area contributed by atoms with E-state index in [0.29, 0.717) is 0 Å². The van der Waals surface area contributed by atoms with Crippen LogP contribution in [-0.4, -0.2) is 57.5 Å². The van der Waals surface area contributed by atoms with E-state index in [9.17, 15) is 22.8 Å². The smallest absolute Gasteiger partial charge is 0.411 e. The SMILES string of the molecule is COC(=O)C(CNCCOCC(F)(F)F)NC(C)=O. The molecule has 0 radical (unpaired) electrons. The van der Waals surface area contributed by atoms with Gasteiger partial charge in [0.15, 0.2) is 0 Å². The summed E-state index contributed by atoms with van der Waals surface area (Å²) in [5.41, 5.74) is 0. The number of nitrogens with one attached hydrogen (secondary N) is 2. The second-order valence-electron chi connectivity index (χ2n) is 3.65. The van der Waals surface area contributed by atoms with E-state index in [1.54, 1.807) is 0 Å². The maximum atomic E-state index is 11.7. The quantitative estimate of drug-likeness (QED) is 0.479. The molecule has 19 heavy (non-hydrogen) atoms. The van der Waals surface area contributed by atoms with E-state index in [4.69, 9.17) is 0 Å². The highest BCUT2D eigenvalue weighted by atomic mass is 19.4. The highest BCUT2D eigenvalue weighted by Crippen LogP contribution is 2.13. The molecule has 6 nitrogen and oxygen atoms in total. The Hall–Kier alpha value is -1.35. The van der Waals surface area contributed by atoms with Crippen molar-refractivity contribution in [3.05, 3.63) is 0 Å². The van der Waals surface area contributed by atoms with Gasteiger partial charge in [-0.1, -0.05) is 0 Å². The molecule has 0 aliphatic rings. The second-order valence-corrected chi connectivity index (χ2v) is 3.65. The van der Waals surface area contributed by atoms with Crippen molar-refractivity contribution in [1.82, 2.24) is 10.6 Å². The van der Waals surface area contributed by atoms with Crippen LogP contribution in [0.25, 0.3) is 0 Å². The van der Waals surface area contributed by atoms with Gasteiger partial charge in [-0.15, -0.1) is 0 Å². The molecule has 0 fully saturated rings. The minimum absolute atomic E-state index is 0.0433. The van der Waals surface area contributed by atoms with Crippen LogP contribution in [-0.2, 0) is 19.1 Å². The maximum absolute atomic E-state index is 11.7. The lowest BCUT2D eigenvalue weighted by molar-refractivity contribution is -0.173. The Morgan fingerprint density at radius 1 is 1.32 bits per heavy atom. The summed E-state index contributed by atoms with van der Waals surface area (Å²) in [6, 6.07) is -0.884. The summed E-state index contributed by atoms with van der Waals surface area (Å²) in [5.74, 6) is -1.05. The number of halogens is 3. The molecule has 0 aromatic carbocycles. The van der Waals surface area contributed by atoms with Crippen molar-refractivity contribution in [2.75, 3.05) is 33.4 Å². The van der Waals surface area contributed by atoms with Crippen LogP contribution in [0.3, 0.4) is 0 Å². The number of alkyl halides is 3. The molecule has 0 aliphatic carbocycles. The van der Waals surface area contributed by atoms with Gasteiger partial charge in [-0.3, -0.25) is 4.79 Å². The third-order valence-electron chi connectivity index (χ3n) is 1.90. The third kappa shape index (κ3) is 10.3. The molecule has 1 unspecified atom stereocenters. The van der Waals surface area contributed by atoms with Gasteiger partial charge in [0.25, 0.3) is 0 Å². The number of hydrogen-bond donors (Lipinski definition) is 2. The van der Waals surface area contributed by atoms with Crippen LogP contribution in [0.1, 0.15) is 6.92 Å². The average molecular weight is 286 g/mol. The molecule has 112 valence electrons. The van der Waals surface area contributed by atoms with Gasteiger partial charge in [-0.2, -0.15) is 13.2 Å². The average Bonchev–Trinajstić information content (AvgIpc) is 2.29. The first-order chi connectivity index (χ1) is 8.76. The molecule has 0 saturated heterocycles. The van der Waals surface area contributed by atoms with E-state index in [0.717, 1.165) is 0 Å². The Morgan fingerprint density at radius 3 is 2.42 bits per heavy atom. The number of carbonyl (C=O) groups is 2. The number of amides is 1. The highest BCUT2D eigenvalue weighted by molar-refractivity contribution is 5.83. The number of carbonyl (C=O) groups excluding carboxylic acids is 2. The summed E-state index contributed by atoms with van der Waals surface area (Å²) in [4.78, 5) is 22.1. The molecule has 0 saturated carbocycles. The summed E-state index contributed by atoms with van der Waals surface area (Å²) in [6.07, 6.45) is -4.36. The Morgan fingerprint density at radius 2 is 1.95 bits per heavy atom. The summed E-state index contributed by atoms with van der Waals surface area (Å²) < 4.78 is 44.0. The summed E-state index contributed by atoms with van der Waals surface area (Å²) in [6.45, 7) is -0.0819. The van der Waals surface area contributed by atoms with E-state index in [1.807, 2.05) is 0 Å². The number of esters is 1. The molecule has 0 bridgehead atoms. The van der Waals surface area contributed by atoms with E-state index < -0.39 is 30.7 Å². The van der Waals surface area contributed by atoms with E-state index in [2.05, 4.69) is 20.1 Å². The first kappa shape index (κ1) is 17.6. The van der Waals surface area contributed by atoms with Crippen LogP contribution in [0.2, 0.25) is 0 Å². The van der Waals surface area contributed by atoms with Crippen molar-refractivity contribution in [1.29, 1.82) is 0 Å². The van der Waals surface area contributed by atoms with Gasteiger partial charge in [0.05, 0.1) is 13.7 Å². The van der Waals surface area contributed by atoms with Crippen molar-refractivity contribution in [3.63, 3.8) is 0 Å². The zero-order valence-corrected chi connectivity index (χ0v) is 10.7. The van der Waals surface area contributed by atoms with Gasteiger partial charge in [0.2, 0.25) is 5.91 Å². The largest absolute Gasteiger partial charge is 0.467 e. The standard InChI is InChI=1S/C10H17F3N2O4/c1-7(16)15-8(9(17)18-2)5-14-3-4-19-6-10(11,12)13/h8,14H,3-6H2,1-2H3,(H,15,16). The molecule has 1 atom stereocenters. The number of methoxy groups -OCH3 is 1. The molecule has 0 aromatic rings. The summed E-state index contributed by atoms with van der Waals surface area (Å²) in [7, 11) is 1.17. The lowest BCUT2D eigenvalue weighted by Gasteiger charge is -2.16. The number of hydrogen-bond acceptors (Lipinski definition) is 5. The lowest BCUT2D eigenvalue weighted by atomic mass is 10.3. The Kier molecular flexibility index (Phi) is 8.08. The van der Waals surface area contributed by atoms with Crippen molar-refractivity contribution in [2.45, 2.75) is 19.1 Å². The first-order valence-electron chi connectivity index (χ1n) is 5.46. The molecule has 0 aliphatic heterocycles. The molecule has 0 heterocycles. The second kappa shape index (κ2) is 8.70. The molecular formula is C10H17F3N2O4. The molecule has 9 heteroatoms. The topological polar surface area (TPSA) is 76.7 Å². The van der Waals surface area contributed by atoms with Crippen molar-refractivity contribution >= 4 is 11.9 Å². The van der Waals surface area contributed by atoms with Crippen molar-refractivity contribution in [3.8, 4) is 0 Å².